The first-order valence-corrected chi connectivity index (χ1v) is 7.07. The number of carbonyl (C=O) groups is 1. The Bertz CT molecular complexity index is 605. The number of para-hydroxylation sites is 1. The number of aromatic nitrogens is 2. The number of aromatic amines is 1. The van der Waals surface area contributed by atoms with E-state index < -0.39 is 0 Å². The van der Waals surface area contributed by atoms with Gasteiger partial charge in [0.1, 0.15) is 5.75 Å². The zero-order valence-electron chi connectivity index (χ0n) is 12.6. The molecule has 0 aliphatic rings. The monoisotopic (exact) mass is 287 g/mol. The van der Waals surface area contributed by atoms with Gasteiger partial charge in [-0.25, -0.2) is 0 Å². The molecule has 1 amide bonds. The van der Waals surface area contributed by atoms with E-state index in [1.165, 1.54) is 0 Å². The van der Waals surface area contributed by atoms with E-state index in [-0.39, 0.29) is 5.91 Å². The smallest absolute Gasteiger partial charge is 0.225 e. The number of H-pyrrole nitrogens is 1. The molecule has 5 heteroatoms. The standard InChI is InChI=1S/C16H21N3O2/c1-11(2)13-10-15(19-18-13)17-16(20)9-8-12-6-4-5-7-14(12)21-3/h4-7,10-11H,8-9H2,1-3H3,(H2,17,18,19,20). The number of benzene rings is 1. The molecule has 2 aromatic rings. The van der Waals surface area contributed by atoms with Gasteiger partial charge in [-0.2, -0.15) is 5.10 Å². The minimum Gasteiger partial charge on any atom is -0.496 e. The Morgan fingerprint density at radius 3 is 2.81 bits per heavy atom. The Kier molecular flexibility index (Phi) is 4.98. The number of ether oxygens (including phenoxy) is 1. The third-order valence-corrected chi connectivity index (χ3v) is 3.30. The van der Waals surface area contributed by atoms with Crippen molar-refractivity contribution in [1.29, 1.82) is 0 Å². The van der Waals surface area contributed by atoms with Crippen LogP contribution < -0.4 is 10.1 Å². The molecule has 0 aliphatic heterocycles. The van der Waals surface area contributed by atoms with Crippen LogP contribution in [0.15, 0.2) is 30.3 Å². The molecular formula is C16H21N3O2. The minimum atomic E-state index is -0.0530. The summed E-state index contributed by atoms with van der Waals surface area (Å²) in [5.74, 6) is 1.69. The number of carbonyl (C=O) groups excluding carboxylic acids is 1. The highest BCUT2D eigenvalue weighted by Gasteiger charge is 2.09. The predicted molar refractivity (Wildman–Crippen MR) is 82.6 cm³/mol. The van der Waals surface area contributed by atoms with Crippen LogP contribution in [0.25, 0.3) is 0 Å². The van der Waals surface area contributed by atoms with Gasteiger partial charge in [-0.05, 0) is 24.0 Å². The number of amides is 1. The van der Waals surface area contributed by atoms with Gasteiger partial charge in [0.25, 0.3) is 0 Å². The van der Waals surface area contributed by atoms with E-state index in [2.05, 4.69) is 29.4 Å². The summed E-state index contributed by atoms with van der Waals surface area (Å²) >= 11 is 0. The SMILES string of the molecule is COc1ccccc1CCC(=O)Nc1cc(C(C)C)[nH]n1. The van der Waals surface area contributed by atoms with Crippen LogP contribution in [-0.2, 0) is 11.2 Å². The number of methoxy groups -OCH3 is 1. The van der Waals surface area contributed by atoms with Gasteiger partial charge < -0.3 is 10.1 Å². The fourth-order valence-corrected chi connectivity index (χ4v) is 2.06. The molecule has 0 spiro atoms. The molecule has 0 saturated heterocycles. The number of hydrogen-bond donors (Lipinski definition) is 2. The molecular weight excluding hydrogens is 266 g/mol. The molecule has 1 heterocycles. The van der Waals surface area contributed by atoms with Gasteiger partial charge in [-0.1, -0.05) is 32.0 Å². The van der Waals surface area contributed by atoms with Crippen molar-refractivity contribution in [2.24, 2.45) is 0 Å². The lowest BCUT2D eigenvalue weighted by Gasteiger charge is -2.07. The lowest BCUT2D eigenvalue weighted by Crippen LogP contribution is -2.12. The Morgan fingerprint density at radius 2 is 2.14 bits per heavy atom. The maximum atomic E-state index is 12.0. The van der Waals surface area contributed by atoms with E-state index in [0.29, 0.717) is 24.6 Å². The van der Waals surface area contributed by atoms with Crippen LogP contribution in [0.3, 0.4) is 0 Å². The topological polar surface area (TPSA) is 67.0 Å². The molecule has 1 aromatic heterocycles. The van der Waals surface area contributed by atoms with Crippen molar-refractivity contribution >= 4 is 11.7 Å². The average Bonchev–Trinajstić information content (AvgIpc) is 2.94. The Morgan fingerprint density at radius 1 is 1.38 bits per heavy atom. The van der Waals surface area contributed by atoms with Crippen LogP contribution in [0.1, 0.15) is 37.4 Å². The molecule has 5 nitrogen and oxygen atoms in total. The number of rotatable bonds is 6. The van der Waals surface area contributed by atoms with Crippen molar-refractivity contribution in [2.45, 2.75) is 32.6 Å². The third-order valence-electron chi connectivity index (χ3n) is 3.30. The van der Waals surface area contributed by atoms with Crippen molar-refractivity contribution in [2.75, 3.05) is 12.4 Å². The van der Waals surface area contributed by atoms with Crippen LogP contribution in [0.4, 0.5) is 5.82 Å². The fraction of sp³-hybridized carbons (Fsp3) is 0.375. The fourth-order valence-electron chi connectivity index (χ4n) is 2.06. The summed E-state index contributed by atoms with van der Waals surface area (Å²) in [5, 5.41) is 9.81. The lowest BCUT2D eigenvalue weighted by atomic mass is 10.1. The first-order chi connectivity index (χ1) is 10.1. The van der Waals surface area contributed by atoms with Gasteiger partial charge in [0.15, 0.2) is 5.82 Å². The first kappa shape index (κ1) is 15.1. The van der Waals surface area contributed by atoms with Gasteiger partial charge in [-0.15, -0.1) is 0 Å². The second-order valence-corrected chi connectivity index (χ2v) is 5.22. The minimum absolute atomic E-state index is 0.0530. The molecule has 0 radical (unpaired) electrons. The highest BCUT2D eigenvalue weighted by Crippen LogP contribution is 2.19. The van der Waals surface area contributed by atoms with E-state index >= 15 is 0 Å². The summed E-state index contributed by atoms with van der Waals surface area (Å²) in [4.78, 5) is 12.0. The third kappa shape index (κ3) is 4.08. The highest BCUT2D eigenvalue weighted by atomic mass is 16.5. The number of nitrogens with zero attached hydrogens (tertiary/aromatic N) is 1. The zero-order chi connectivity index (χ0) is 15.2. The van der Waals surface area contributed by atoms with E-state index in [9.17, 15) is 4.79 Å². The maximum Gasteiger partial charge on any atom is 0.225 e. The summed E-state index contributed by atoms with van der Waals surface area (Å²) in [6.45, 7) is 4.14. The molecule has 21 heavy (non-hydrogen) atoms. The van der Waals surface area contributed by atoms with Crippen LogP contribution >= 0.6 is 0 Å². The normalized spacial score (nSPS) is 10.7. The summed E-state index contributed by atoms with van der Waals surface area (Å²) < 4.78 is 5.28. The van der Waals surface area contributed by atoms with E-state index in [4.69, 9.17) is 4.74 Å². The summed E-state index contributed by atoms with van der Waals surface area (Å²) in [7, 11) is 1.63. The largest absolute Gasteiger partial charge is 0.496 e. The van der Waals surface area contributed by atoms with Gasteiger partial charge in [0, 0.05) is 18.2 Å². The Balaban J connectivity index is 1.89. The van der Waals surface area contributed by atoms with E-state index in [1.807, 2.05) is 30.3 Å². The number of aryl methyl sites for hydroxylation is 1. The van der Waals surface area contributed by atoms with E-state index in [0.717, 1.165) is 17.0 Å². The van der Waals surface area contributed by atoms with E-state index in [1.54, 1.807) is 7.11 Å². The van der Waals surface area contributed by atoms with Crippen molar-refractivity contribution in [1.82, 2.24) is 10.2 Å². The van der Waals surface area contributed by atoms with Crippen molar-refractivity contribution in [3.63, 3.8) is 0 Å². The molecule has 0 fully saturated rings. The Hall–Kier alpha value is -2.30. The van der Waals surface area contributed by atoms with Crippen LogP contribution in [0.2, 0.25) is 0 Å². The van der Waals surface area contributed by atoms with Gasteiger partial charge in [-0.3, -0.25) is 9.89 Å². The van der Waals surface area contributed by atoms with Crippen LogP contribution in [0, 0.1) is 0 Å². The van der Waals surface area contributed by atoms with Crippen molar-refractivity contribution < 1.29 is 9.53 Å². The second-order valence-electron chi connectivity index (χ2n) is 5.22. The molecule has 0 unspecified atom stereocenters. The predicted octanol–water partition coefficient (Wildman–Crippen LogP) is 3.11. The number of anilines is 1. The maximum absolute atomic E-state index is 12.0. The highest BCUT2D eigenvalue weighted by molar-refractivity contribution is 5.89. The molecule has 0 atom stereocenters. The molecule has 0 saturated carbocycles. The van der Waals surface area contributed by atoms with Crippen LogP contribution in [0.5, 0.6) is 5.75 Å². The zero-order valence-corrected chi connectivity index (χ0v) is 12.6. The summed E-state index contributed by atoms with van der Waals surface area (Å²) in [5.41, 5.74) is 2.04. The van der Waals surface area contributed by atoms with Gasteiger partial charge in [0.2, 0.25) is 5.91 Å². The first-order valence-electron chi connectivity index (χ1n) is 7.07. The average molecular weight is 287 g/mol. The Labute approximate surface area is 124 Å². The molecule has 0 bridgehead atoms. The molecule has 2 rings (SSSR count). The van der Waals surface area contributed by atoms with Crippen molar-refractivity contribution in [3.8, 4) is 5.75 Å². The van der Waals surface area contributed by atoms with Crippen molar-refractivity contribution in [3.05, 3.63) is 41.6 Å². The summed E-state index contributed by atoms with van der Waals surface area (Å²) in [6.07, 6.45) is 1.03. The summed E-state index contributed by atoms with van der Waals surface area (Å²) in [6, 6.07) is 9.59. The molecule has 0 aliphatic carbocycles. The number of hydrogen-bond acceptors (Lipinski definition) is 3. The van der Waals surface area contributed by atoms with Gasteiger partial charge in [0.05, 0.1) is 7.11 Å². The molecule has 1 aromatic carbocycles. The van der Waals surface area contributed by atoms with Crippen LogP contribution in [-0.4, -0.2) is 23.2 Å². The quantitative estimate of drug-likeness (QED) is 0.857. The second kappa shape index (κ2) is 6.92. The molecule has 112 valence electrons. The molecule has 2 N–H and O–H groups in total. The van der Waals surface area contributed by atoms with Gasteiger partial charge >= 0.3 is 0 Å². The number of nitrogens with one attached hydrogen (secondary N) is 2. The lowest BCUT2D eigenvalue weighted by molar-refractivity contribution is -0.116.